The van der Waals surface area contributed by atoms with Gasteiger partial charge in [0, 0.05) is 18.2 Å². The van der Waals surface area contributed by atoms with Gasteiger partial charge in [-0.2, -0.15) is 0 Å². The molecule has 156 valence electrons. The number of ether oxygens (including phenoxy) is 3. The lowest BCUT2D eigenvalue weighted by molar-refractivity contribution is -0.138. The van der Waals surface area contributed by atoms with E-state index in [2.05, 4.69) is 0 Å². The van der Waals surface area contributed by atoms with E-state index in [1.165, 1.54) is 26.4 Å². The molecule has 2 rings (SSSR count). The molecule has 2 atom stereocenters. The first-order valence-electron chi connectivity index (χ1n) is 9.12. The summed E-state index contributed by atoms with van der Waals surface area (Å²) in [4.78, 5) is 26.6. The maximum absolute atomic E-state index is 12.7. The molecule has 1 amide bonds. The summed E-state index contributed by atoms with van der Waals surface area (Å²) in [6.45, 7) is 3.32. The van der Waals surface area contributed by atoms with E-state index in [1.54, 1.807) is 11.0 Å². The summed E-state index contributed by atoms with van der Waals surface area (Å²) in [5, 5.41) is 0. The lowest BCUT2D eigenvalue weighted by atomic mass is 10.1. The maximum Gasteiger partial charge on any atom is 0.338 e. The van der Waals surface area contributed by atoms with Gasteiger partial charge in [-0.15, -0.1) is 0 Å². The number of methoxy groups -OCH3 is 2. The monoisotopic (exact) mass is 413 g/mol. The third kappa shape index (κ3) is 5.37. The van der Waals surface area contributed by atoms with E-state index in [4.69, 9.17) is 14.2 Å². The Hall–Kier alpha value is -2.29. The van der Waals surface area contributed by atoms with Crippen molar-refractivity contribution in [2.45, 2.75) is 38.8 Å². The van der Waals surface area contributed by atoms with Gasteiger partial charge in [0.1, 0.15) is 11.5 Å². The van der Waals surface area contributed by atoms with Gasteiger partial charge in [-0.25, -0.2) is 13.2 Å². The summed E-state index contributed by atoms with van der Waals surface area (Å²) in [6.07, 6.45) is 1.07. The van der Waals surface area contributed by atoms with E-state index in [1.807, 2.05) is 13.8 Å². The van der Waals surface area contributed by atoms with Crippen molar-refractivity contribution < 1.29 is 32.2 Å². The number of hydrogen-bond donors (Lipinski definition) is 0. The fourth-order valence-electron chi connectivity index (χ4n) is 3.21. The van der Waals surface area contributed by atoms with Crippen molar-refractivity contribution >= 4 is 21.7 Å². The van der Waals surface area contributed by atoms with Crippen LogP contribution in [0.3, 0.4) is 0 Å². The van der Waals surface area contributed by atoms with Crippen LogP contribution in [-0.4, -0.2) is 69.6 Å². The minimum atomic E-state index is -3.13. The minimum Gasteiger partial charge on any atom is -0.497 e. The summed E-state index contributed by atoms with van der Waals surface area (Å²) < 4.78 is 39.0. The Morgan fingerprint density at radius 1 is 1.18 bits per heavy atom. The van der Waals surface area contributed by atoms with Crippen molar-refractivity contribution in [2.24, 2.45) is 0 Å². The molecule has 1 aliphatic heterocycles. The Morgan fingerprint density at radius 2 is 1.79 bits per heavy atom. The molecular weight excluding hydrogens is 386 g/mol. The number of nitrogens with zero attached hydrogens (tertiary/aromatic N) is 1. The van der Waals surface area contributed by atoms with Crippen LogP contribution >= 0.6 is 0 Å². The Labute approximate surface area is 165 Å². The average Bonchev–Trinajstić information content (AvgIpc) is 3.04. The molecule has 28 heavy (non-hydrogen) atoms. The lowest BCUT2D eigenvalue weighted by Gasteiger charge is -2.33. The fourth-order valence-corrected chi connectivity index (χ4v) is 4.92. The van der Waals surface area contributed by atoms with Crippen LogP contribution in [-0.2, 0) is 19.4 Å². The van der Waals surface area contributed by atoms with E-state index < -0.39 is 28.3 Å². The van der Waals surface area contributed by atoms with Crippen LogP contribution in [0.25, 0.3) is 0 Å². The molecule has 0 aromatic heterocycles. The number of carbonyl (C=O) groups excluding carboxylic acids is 2. The van der Waals surface area contributed by atoms with Crippen molar-refractivity contribution in [3.05, 3.63) is 23.8 Å². The topological polar surface area (TPSA) is 99.2 Å². The molecule has 9 heteroatoms. The lowest BCUT2D eigenvalue weighted by Crippen LogP contribution is -2.48. The first-order chi connectivity index (χ1) is 13.2. The normalized spacial score (nSPS) is 18.9. The van der Waals surface area contributed by atoms with Gasteiger partial charge >= 0.3 is 5.97 Å². The van der Waals surface area contributed by atoms with Gasteiger partial charge in [-0.05, 0) is 31.9 Å². The Bertz CT molecular complexity index is 799. The van der Waals surface area contributed by atoms with E-state index in [9.17, 15) is 18.0 Å². The van der Waals surface area contributed by atoms with Gasteiger partial charge in [-0.1, -0.05) is 6.92 Å². The van der Waals surface area contributed by atoms with E-state index in [0.717, 1.165) is 0 Å². The highest BCUT2D eigenvalue weighted by Gasteiger charge is 2.36. The number of esters is 1. The highest BCUT2D eigenvalue weighted by atomic mass is 32.2. The van der Waals surface area contributed by atoms with E-state index in [0.29, 0.717) is 24.3 Å². The molecule has 0 saturated carbocycles. The van der Waals surface area contributed by atoms with Crippen LogP contribution < -0.4 is 9.47 Å². The standard InChI is InChI=1S/C19H27NO7S/c1-5-13(2)20(15-6-7-28(23,24)12-15)18(21)11-27-19(22)14-8-16(25-3)10-17(9-14)26-4/h8-10,13,15H,5-7,11-12H2,1-4H3. The smallest absolute Gasteiger partial charge is 0.338 e. The van der Waals surface area contributed by atoms with Gasteiger partial charge in [0.2, 0.25) is 0 Å². The molecule has 1 heterocycles. The largest absolute Gasteiger partial charge is 0.497 e. The molecule has 0 radical (unpaired) electrons. The third-order valence-corrected chi connectivity index (χ3v) is 6.62. The highest BCUT2D eigenvalue weighted by molar-refractivity contribution is 7.91. The van der Waals surface area contributed by atoms with Crippen LogP contribution in [0, 0.1) is 0 Å². The second-order valence-corrected chi connectivity index (χ2v) is 9.02. The predicted octanol–water partition coefficient (Wildman–Crippen LogP) is 1.67. The molecular formula is C19H27NO7S. The van der Waals surface area contributed by atoms with E-state index in [-0.39, 0.29) is 29.2 Å². The van der Waals surface area contributed by atoms with Crippen LogP contribution in [0.2, 0.25) is 0 Å². The van der Waals surface area contributed by atoms with Gasteiger partial charge < -0.3 is 19.1 Å². The molecule has 0 spiro atoms. The number of amides is 1. The molecule has 0 N–H and O–H groups in total. The number of sulfone groups is 1. The second kappa shape index (κ2) is 9.27. The summed E-state index contributed by atoms with van der Waals surface area (Å²) in [5.41, 5.74) is 0.197. The minimum absolute atomic E-state index is 0.0515. The highest BCUT2D eigenvalue weighted by Crippen LogP contribution is 2.24. The number of benzene rings is 1. The molecule has 1 saturated heterocycles. The average molecular weight is 413 g/mol. The van der Waals surface area contributed by atoms with Crippen LogP contribution in [0.5, 0.6) is 11.5 Å². The molecule has 8 nitrogen and oxygen atoms in total. The molecule has 0 bridgehead atoms. The Morgan fingerprint density at radius 3 is 2.25 bits per heavy atom. The van der Waals surface area contributed by atoms with Crippen molar-refractivity contribution in [1.82, 2.24) is 4.90 Å². The molecule has 1 aromatic carbocycles. The van der Waals surface area contributed by atoms with Crippen molar-refractivity contribution in [2.75, 3.05) is 32.3 Å². The van der Waals surface area contributed by atoms with Crippen LogP contribution in [0.15, 0.2) is 18.2 Å². The zero-order valence-electron chi connectivity index (χ0n) is 16.6. The number of carbonyl (C=O) groups is 2. The molecule has 2 unspecified atom stereocenters. The first-order valence-corrected chi connectivity index (χ1v) is 10.9. The molecule has 1 aromatic rings. The summed E-state index contributed by atoms with van der Waals surface area (Å²) in [7, 11) is -0.204. The van der Waals surface area contributed by atoms with Gasteiger partial charge in [-0.3, -0.25) is 4.79 Å². The van der Waals surface area contributed by atoms with Crippen molar-refractivity contribution in [1.29, 1.82) is 0 Å². The van der Waals surface area contributed by atoms with Gasteiger partial charge in [0.25, 0.3) is 5.91 Å². The number of rotatable bonds is 8. The SMILES string of the molecule is CCC(C)N(C(=O)COC(=O)c1cc(OC)cc(OC)c1)C1CCS(=O)(=O)C1. The van der Waals surface area contributed by atoms with Gasteiger partial charge in [0.15, 0.2) is 16.4 Å². The summed E-state index contributed by atoms with van der Waals surface area (Å²) in [6, 6.07) is 4.06. The molecule has 1 aliphatic rings. The molecule has 1 fully saturated rings. The Kier molecular flexibility index (Phi) is 7.29. The third-order valence-electron chi connectivity index (χ3n) is 4.87. The predicted molar refractivity (Wildman–Crippen MR) is 103 cm³/mol. The number of hydrogen-bond acceptors (Lipinski definition) is 7. The first kappa shape index (κ1) is 22.0. The van der Waals surface area contributed by atoms with Gasteiger partial charge in [0.05, 0.1) is 31.3 Å². The Balaban J connectivity index is 2.09. The van der Waals surface area contributed by atoms with Crippen molar-refractivity contribution in [3.8, 4) is 11.5 Å². The summed E-state index contributed by atoms with van der Waals surface area (Å²) >= 11 is 0. The maximum atomic E-state index is 12.7. The second-order valence-electron chi connectivity index (χ2n) is 6.79. The van der Waals surface area contributed by atoms with Crippen LogP contribution in [0.4, 0.5) is 0 Å². The van der Waals surface area contributed by atoms with E-state index >= 15 is 0 Å². The zero-order valence-corrected chi connectivity index (χ0v) is 17.5. The summed E-state index contributed by atoms with van der Waals surface area (Å²) in [5.74, 6) is -0.218. The van der Waals surface area contributed by atoms with Crippen LogP contribution in [0.1, 0.15) is 37.0 Å². The fraction of sp³-hybridized carbons (Fsp3) is 0.579. The molecule has 0 aliphatic carbocycles. The van der Waals surface area contributed by atoms with Crippen molar-refractivity contribution in [3.63, 3.8) is 0 Å². The zero-order chi connectivity index (χ0) is 20.9. The quantitative estimate of drug-likeness (QED) is 0.598.